The van der Waals surface area contributed by atoms with Crippen LogP contribution in [0.3, 0.4) is 0 Å². The summed E-state index contributed by atoms with van der Waals surface area (Å²) in [5.74, 6) is 0. The van der Waals surface area contributed by atoms with E-state index in [0.717, 1.165) is 61.9 Å². The molecule has 4 rings (SSSR count). The third kappa shape index (κ3) is 3.23. The van der Waals surface area contributed by atoms with Crippen LogP contribution >= 0.6 is 0 Å². The Kier molecular flexibility index (Phi) is 4.61. The van der Waals surface area contributed by atoms with Crippen LogP contribution in [0.1, 0.15) is 31.4 Å². The predicted molar refractivity (Wildman–Crippen MR) is 96.5 cm³/mol. The van der Waals surface area contributed by atoms with E-state index in [0.29, 0.717) is 6.54 Å². The molecule has 2 aromatic rings. The number of aromatic nitrogens is 2. The molecule has 6 nitrogen and oxygen atoms in total. The maximum absolute atomic E-state index is 12.6. The molecule has 2 aliphatic heterocycles. The van der Waals surface area contributed by atoms with Crippen LogP contribution in [0.2, 0.25) is 0 Å². The number of nitrogens with zero attached hydrogens (tertiary/aromatic N) is 3. The van der Waals surface area contributed by atoms with Crippen LogP contribution in [-0.4, -0.2) is 52.6 Å². The van der Waals surface area contributed by atoms with Crippen LogP contribution in [0.15, 0.2) is 24.3 Å². The van der Waals surface area contributed by atoms with Gasteiger partial charge in [-0.1, -0.05) is 18.2 Å². The quantitative estimate of drug-likeness (QED) is 0.928. The van der Waals surface area contributed by atoms with Gasteiger partial charge in [0.1, 0.15) is 0 Å². The second-order valence-electron chi connectivity index (χ2n) is 7.02. The number of carbonyl (C=O) groups excluding carboxylic acids is 1. The molecule has 0 radical (unpaired) electrons. The lowest BCUT2D eigenvalue weighted by Gasteiger charge is -2.28. The summed E-state index contributed by atoms with van der Waals surface area (Å²) < 4.78 is 7.71. The van der Waals surface area contributed by atoms with Crippen LogP contribution in [0, 0.1) is 0 Å². The Labute approximate surface area is 148 Å². The van der Waals surface area contributed by atoms with Crippen LogP contribution in [0.25, 0.3) is 10.9 Å². The number of hydrogen-bond acceptors (Lipinski definition) is 3. The average Bonchev–Trinajstić information content (AvgIpc) is 3.35. The maximum Gasteiger partial charge on any atom is 0.317 e. The van der Waals surface area contributed by atoms with Crippen molar-refractivity contribution in [1.29, 1.82) is 0 Å². The molecule has 0 spiro atoms. The van der Waals surface area contributed by atoms with Crippen molar-refractivity contribution >= 4 is 16.9 Å². The smallest absolute Gasteiger partial charge is 0.317 e. The van der Waals surface area contributed by atoms with E-state index in [1.54, 1.807) is 0 Å². The first-order chi connectivity index (χ1) is 12.2. The third-order valence-electron chi connectivity index (χ3n) is 5.43. The largest absolute Gasteiger partial charge is 0.376 e. The molecule has 0 aliphatic carbocycles. The average molecular weight is 342 g/mol. The van der Waals surface area contributed by atoms with Crippen molar-refractivity contribution < 1.29 is 9.53 Å². The lowest BCUT2D eigenvalue weighted by Crippen LogP contribution is -2.47. The van der Waals surface area contributed by atoms with E-state index in [2.05, 4.69) is 22.5 Å². The van der Waals surface area contributed by atoms with Crippen molar-refractivity contribution in [1.82, 2.24) is 20.0 Å². The van der Waals surface area contributed by atoms with E-state index in [1.807, 2.05) is 28.8 Å². The van der Waals surface area contributed by atoms with E-state index in [-0.39, 0.29) is 18.2 Å². The van der Waals surface area contributed by atoms with Gasteiger partial charge < -0.3 is 15.0 Å². The molecule has 1 aromatic heterocycles. The highest BCUT2D eigenvalue weighted by Gasteiger charge is 2.36. The summed E-state index contributed by atoms with van der Waals surface area (Å²) in [6.45, 7) is 2.28. The van der Waals surface area contributed by atoms with Crippen LogP contribution in [-0.2, 0) is 18.2 Å². The second-order valence-corrected chi connectivity index (χ2v) is 7.02. The number of amides is 2. The Balaban J connectivity index is 1.35. The number of aryl methyl sites for hydroxylation is 1. The molecule has 1 aromatic carbocycles. The number of nitrogens with one attached hydrogen (secondary N) is 1. The third-order valence-corrected chi connectivity index (χ3v) is 5.43. The van der Waals surface area contributed by atoms with Gasteiger partial charge in [0.05, 0.1) is 23.4 Å². The SMILES string of the molecule is Cn1nc(CCNC(=O)N2CCCC2C2CCCO2)c2ccccc21. The van der Waals surface area contributed by atoms with Gasteiger partial charge in [-0.25, -0.2) is 4.79 Å². The zero-order chi connectivity index (χ0) is 17.2. The molecular weight excluding hydrogens is 316 g/mol. The van der Waals surface area contributed by atoms with Crippen molar-refractivity contribution in [3.8, 4) is 0 Å². The van der Waals surface area contributed by atoms with Crippen LogP contribution in [0.4, 0.5) is 4.79 Å². The molecular formula is C19H26N4O2. The highest BCUT2D eigenvalue weighted by atomic mass is 16.5. The van der Waals surface area contributed by atoms with Crippen LogP contribution in [0.5, 0.6) is 0 Å². The number of carbonyl (C=O) groups is 1. The minimum atomic E-state index is 0.0400. The molecule has 2 saturated heterocycles. The standard InChI is InChI=1S/C19H26N4O2/c1-22-16-7-3-2-6-14(16)15(21-22)10-11-20-19(24)23-12-4-8-17(23)18-9-5-13-25-18/h2-3,6-7,17-18H,4-5,8-13H2,1H3,(H,20,24). The number of benzene rings is 1. The zero-order valence-electron chi connectivity index (χ0n) is 14.8. The molecule has 2 amide bonds. The summed E-state index contributed by atoms with van der Waals surface area (Å²) >= 11 is 0. The number of likely N-dealkylation sites (tertiary alicyclic amines) is 1. The molecule has 6 heteroatoms. The molecule has 25 heavy (non-hydrogen) atoms. The lowest BCUT2D eigenvalue weighted by atomic mass is 10.1. The van der Waals surface area contributed by atoms with Crippen molar-refractivity contribution in [3.63, 3.8) is 0 Å². The van der Waals surface area contributed by atoms with Gasteiger partial charge in [0.15, 0.2) is 0 Å². The first-order valence-corrected chi connectivity index (χ1v) is 9.31. The van der Waals surface area contributed by atoms with Gasteiger partial charge in [-0.3, -0.25) is 4.68 Å². The highest BCUT2D eigenvalue weighted by Crippen LogP contribution is 2.27. The molecule has 2 fully saturated rings. The van der Waals surface area contributed by atoms with E-state index < -0.39 is 0 Å². The van der Waals surface area contributed by atoms with Gasteiger partial charge >= 0.3 is 6.03 Å². The second kappa shape index (κ2) is 7.04. The number of para-hydroxylation sites is 1. The molecule has 134 valence electrons. The van der Waals surface area contributed by atoms with Crippen molar-refractivity contribution in [2.24, 2.45) is 7.05 Å². The Morgan fingerprint density at radius 3 is 3.04 bits per heavy atom. The summed E-state index contributed by atoms with van der Waals surface area (Å²) in [5, 5.41) is 8.84. The van der Waals surface area contributed by atoms with Gasteiger partial charge in [-0.2, -0.15) is 5.10 Å². The van der Waals surface area contributed by atoms with E-state index in [9.17, 15) is 4.79 Å². The van der Waals surface area contributed by atoms with Gasteiger partial charge in [0.25, 0.3) is 0 Å². The summed E-state index contributed by atoms with van der Waals surface area (Å²) in [7, 11) is 1.96. The number of urea groups is 1. The first-order valence-electron chi connectivity index (χ1n) is 9.31. The molecule has 2 unspecified atom stereocenters. The van der Waals surface area contributed by atoms with Gasteiger partial charge in [-0.05, 0) is 31.7 Å². The lowest BCUT2D eigenvalue weighted by molar-refractivity contribution is 0.0521. The fraction of sp³-hybridized carbons (Fsp3) is 0.579. The predicted octanol–water partition coefficient (Wildman–Crippen LogP) is 2.47. The summed E-state index contributed by atoms with van der Waals surface area (Å²) in [5.41, 5.74) is 2.16. The summed E-state index contributed by atoms with van der Waals surface area (Å²) in [4.78, 5) is 14.6. The monoisotopic (exact) mass is 342 g/mol. The van der Waals surface area contributed by atoms with E-state index in [4.69, 9.17) is 4.74 Å². The summed E-state index contributed by atoms with van der Waals surface area (Å²) in [6, 6.07) is 8.50. The van der Waals surface area contributed by atoms with Crippen molar-refractivity contribution in [2.75, 3.05) is 19.7 Å². The molecule has 1 N–H and O–H groups in total. The topological polar surface area (TPSA) is 59.4 Å². The Morgan fingerprint density at radius 2 is 2.20 bits per heavy atom. The van der Waals surface area contributed by atoms with Crippen molar-refractivity contribution in [3.05, 3.63) is 30.0 Å². The molecule has 2 atom stereocenters. The fourth-order valence-corrected chi connectivity index (χ4v) is 4.20. The number of fused-ring (bicyclic) bond motifs is 1. The normalized spacial score (nSPS) is 23.5. The summed E-state index contributed by atoms with van der Waals surface area (Å²) in [6.07, 6.45) is 5.29. The Bertz CT molecular complexity index is 751. The maximum atomic E-state index is 12.6. The molecule has 0 bridgehead atoms. The minimum Gasteiger partial charge on any atom is -0.376 e. The number of hydrogen-bond donors (Lipinski definition) is 1. The molecule has 0 saturated carbocycles. The van der Waals surface area contributed by atoms with Gasteiger partial charge in [0.2, 0.25) is 0 Å². The first kappa shape index (κ1) is 16.4. The highest BCUT2D eigenvalue weighted by molar-refractivity contribution is 5.82. The number of rotatable bonds is 4. The minimum absolute atomic E-state index is 0.0400. The number of ether oxygens (including phenoxy) is 1. The molecule has 2 aliphatic rings. The van der Waals surface area contributed by atoms with Crippen molar-refractivity contribution in [2.45, 2.75) is 44.2 Å². The Morgan fingerprint density at radius 1 is 1.32 bits per heavy atom. The van der Waals surface area contributed by atoms with E-state index >= 15 is 0 Å². The Hall–Kier alpha value is -2.08. The van der Waals surface area contributed by atoms with E-state index in [1.165, 1.54) is 0 Å². The molecule has 3 heterocycles. The van der Waals surface area contributed by atoms with Gasteiger partial charge in [0, 0.05) is 38.6 Å². The zero-order valence-corrected chi connectivity index (χ0v) is 14.8. The van der Waals surface area contributed by atoms with Gasteiger partial charge in [-0.15, -0.1) is 0 Å². The fourth-order valence-electron chi connectivity index (χ4n) is 4.20. The van der Waals surface area contributed by atoms with Crippen LogP contribution < -0.4 is 5.32 Å².